The van der Waals surface area contributed by atoms with Crippen molar-refractivity contribution in [2.45, 2.75) is 44.6 Å². The molecule has 4 aliphatic carbocycles. The molecule has 120 valence electrons. The molecule has 0 atom stereocenters. The highest BCUT2D eigenvalue weighted by Crippen LogP contribution is 2.53. The van der Waals surface area contributed by atoms with Crippen LogP contribution in [0.4, 0.5) is 0 Å². The van der Waals surface area contributed by atoms with Gasteiger partial charge in [0.05, 0.1) is 5.75 Å². The molecule has 0 saturated heterocycles. The number of benzene rings is 1. The Morgan fingerprint density at radius 2 is 1.50 bits per heavy atom. The topological polar surface area (TPSA) is 46.2 Å². The second-order valence-corrected chi connectivity index (χ2v) is 9.50. The molecule has 5 rings (SSSR count). The van der Waals surface area contributed by atoms with Crippen molar-refractivity contribution in [3.63, 3.8) is 0 Å². The lowest BCUT2D eigenvalue weighted by molar-refractivity contribution is -0.00557. The van der Waals surface area contributed by atoms with Crippen LogP contribution in [0.2, 0.25) is 0 Å². The van der Waals surface area contributed by atoms with Crippen molar-refractivity contribution in [3.8, 4) is 0 Å². The van der Waals surface area contributed by atoms with Crippen LogP contribution in [-0.4, -0.2) is 20.2 Å². The van der Waals surface area contributed by atoms with E-state index in [0.717, 1.165) is 17.4 Å². The van der Waals surface area contributed by atoms with Gasteiger partial charge in [0.15, 0.2) is 0 Å². The van der Waals surface area contributed by atoms with Gasteiger partial charge in [0, 0.05) is 6.04 Å². The summed E-state index contributed by atoms with van der Waals surface area (Å²) in [7, 11) is -3.17. The second kappa shape index (κ2) is 5.64. The molecule has 1 aromatic carbocycles. The Balaban J connectivity index is 1.40. The summed E-state index contributed by atoms with van der Waals surface area (Å²) in [5, 5.41) is 0. The van der Waals surface area contributed by atoms with E-state index in [1.165, 1.54) is 32.1 Å². The van der Waals surface area contributed by atoms with E-state index in [4.69, 9.17) is 0 Å². The molecule has 22 heavy (non-hydrogen) atoms. The Labute approximate surface area is 133 Å². The average Bonchev–Trinajstić information content (AvgIpc) is 2.49. The number of hydrogen-bond donors (Lipinski definition) is 1. The van der Waals surface area contributed by atoms with Crippen LogP contribution in [0.3, 0.4) is 0 Å². The van der Waals surface area contributed by atoms with Crippen molar-refractivity contribution >= 4 is 10.0 Å². The lowest BCUT2D eigenvalue weighted by Crippen LogP contribution is -2.56. The predicted molar refractivity (Wildman–Crippen MR) is 87.9 cm³/mol. The summed E-state index contributed by atoms with van der Waals surface area (Å²) in [6.07, 6.45) is 7.00. The van der Waals surface area contributed by atoms with Crippen LogP contribution in [0.5, 0.6) is 0 Å². The van der Waals surface area contributed by atoms with Gasteiger partial charge in [0.1, 0.15) is 0 Å². The van der Waals surface area contributed by atoms with E-state index < -0.39 is 10.0 Å². The number of aryl methyl sites for hydroxylation is 1. The number of hydrogen-bond acceptors (Lipinski definition) is 2. The van der Waals surface area contributed by atoms with E-state index >= 15 is 0 Å². The van der Waals surface area contributed by atoms with Crippen LogP contribution in [0.1, 0.15) is 37.7 Å². The Bertz CT molecular complexity index is 598. The van der Waals surface area contributed by atoms with Gasteiger partial charge in [-0.05, 0) is 67.8 Å². The molecule has 0 radical (unpaired) electrons. The lowest BCUT2D eigenvalue weighted by atomic mass is 9.54. The summed E-state index contributed by atoms with van der Waals surface area (Å²) >= 11 is 0. The normalized spacial score (nSPS) is 36.6. The number of sulfonamides is 1. The van der Waals surface area contributed by atoms with Gasteiger partial charge in [-0.15, -0.1) is 0 Å². The Morgan fingerprint density at radius 3 is 2.09 bits per heavy atom. The molecule has 4 heteroatoms. The smallest absolute Gasteiger partial charge is 0.212 e. The van der Waals surface area contributed by atoms with Gasteiger partial charge >= 0.3 is 0 Å². The fourth-order valence-electron chi connectivity index (χ4n) is 5.28. The van der Waals surface area contributed by atoms with Crippen molar-refractivity contribution < 1.29 is 8.42 Å². The molecule has 0 amide bonds. The zero-order valence-electron chi connectivity index (χ0n) is 12.9. The van der Waals surface area contributed by atoms with Gasteiger partial charge in [0.25, 0.3) is 0 Å². The first-order chi connectivity index (χ1) is 10.6. The molecule has 0 unspecified atom stereocenters. The highest BCUT2D eigenvalue weighted by Gasteiger charge is 2.49. The summed E-state index contributed by atoms with van der Waals surface area (Å²) < 4.78 is 28.1. The molecular weight excluding hydrogens is 294 g/mol. The minimum Gasteiger partial charge on any atom is -0.212 e. The summed E-state index contributed by atoms with van der Waals surface area (Å²) in [6.45, 7) is 0. The summed E-state index contributed by atoms with van der Waals surface area (Å²) in [6, 6.07) is 10.1. The van der Waals surface area contributed by atoms with Crippen molar-refractivity contribution in [2.75, 3.05) is 5.75 Å². The molecular formula is C18H25NO2S. The maximum Gasteiger partial charge on any atom is 0.212 e. The third-order valence-corrected chi connectivity index (χ3v) is 7.42. The van der Waals surface area contributed by atoms with Gasteiger partial charge < -0.3 is 0 Å². The monoisotopic (exact) mass is 319 g/mol. The van der Waals surface area contributed by atoms with Crippen LogP contribution in [0, 0.1) is 23.7 Å². The third kappa shape index (κ3) is 2.95. The molecule has 0 heterocycles. The maximum absolute atomic E-state index is 12.5. The first kappa shape index (κ1) is 14.7. The molecule has 4 saturated carbocycles. The minimum absolute atomic E-state index is 0.208. The Kier molecular flexibility index (Phi) is 3.77. The molecule has 1 aromatic rings. The van der Waals surface area contributed by atoms with Crippen molar-refractivity contribution in [1.82, 2.24) is 4.72 Å². The van der Waals surface area contributed by atoms with E-state index in [1.807, 2.05) is 30.3 Å². The summed E-state index contributed by atoms with van der Waals surface area (Å²) in [5.74, 6) is 3.17. The second-order valence-electron chi connectivity index (χ2n) is 7.63. The fraction of sp³-hybridized carbons (Fsp3) is 0.667. The lowest BCUT2D eigenvalue weighted by Gasteiger charge is -2.54. The van der Waals surface area contributed by atoms with Crippen LogP contribution < -0.4 is 4.72 Å². The molecule has 4 aliphatic rings. The van der Waals surface area contributed by atoms with Gasteiger partial charge in [-0.2, -0.15) is 0 Å². The highest BCUT2D eigenvalue weighted by atomic mass is 32.2. The quantitative estimate of drug-likeness (QED) is 0.907. The zero-order valence-corrected chi connectivity index (χ0v) is 13.8. The maximum atomic E-state index is 12.5. The summed E-state index contributed by atoms with van der Waals surface area (Å²) in [4.78, 5) is 0. The van der Waals surface area contributed by atoms with Crippen molar-refractivity contribution in [1.29, 1.82) is 0 Å². The predicted octanol–water partition coefficient (Wildman–Crippen LogP) is 2.97. The van der Waals surface area contributed by atoms with Crippen molar-refractivity contribution in [2.24, 2.45) is 23.7 Å². The first-order valence-electron chi connectivity index (χ1n) is 8.63. The number of rotatable bonds is 5. The van der Waals surface area contributed by atoms with E-state index in [0.29, 0.717) is 18.3 Å². The van der Waals surface area contributed by atoms with Crippen LogP contribution in [-0.2, 0) is 16.4 Å². The molecule has 3 nitrogen and oxygen atoms in total. The van der Waals surface area contributed by atoms with Gasteiger partial charge in [-0.25, -0.2) is 13.1 Å². The number of nitrogens with one attached hydrogen (secondary N) is 1. The Hall–Kier alpha value is -0.870. The highest BCUT2D eigenvalue weighted by molar-refractivity contribution is 7.89. The average molecular weight is 319 g/mol. The summed E-state index contributed by atoms with van der Waals surface area (Å²) in [5.41, 5.74) is 1.10. The van der Waals surface area contributed by atoms with Crippen LogP contribution in [0.25, 0.3) is 0 Å². The molecule has 1 N–H and O–H groups in total. The fourth-order valence-corrected chi connectivity index (χ4v) is 6.70. The van der Waals surface area contributed by atoms with Gasteiger partial charge in [-0.3, -0.25) is 0 Å². The molecule has 0 spiro atoms. The van der Waals surface area contributed by atoms with Crippen LogP contribution >= 0.6 is 0 Å². The standard InChI is InChI=1S/C18H25NO2S/c20-22(21,7-6-13-4-2-1-3-5-13)19-18-16-9-14-8-15(11-16)12-17(18)10-14/h1-5,14-19H,6-12H2. The van der Waals surface area contributed by atoms with E-state index in [-0.39, 0.29) is 11.8 Å². The molecule has 0 aromatic heterocycles. The molecule has 4 fully saturated rings. The largest absolute Gasteiger partial charge is 0.212 e. The van der Waals surface area contributed by atoms with E-state index in [1.54, 1.807) is 0 Å². The van der Waals surface area contributed by atoms with Crippen molar-refractivity contribution in [3.05, 3.63) is 35.9 Å². The zero-order chi connectivity index (χ0) is 15.2. The first-order valence-corrected chi connectivity index (χ1v) is 10.3. The molecule has 4 bridgehead atoms. The van der Waals surface area contributed by atoms with Crippen LogP contribution in [0.15, 0.2) is 30.3 Å². The Morgan fingerprint density at radius 1 is 0.909 bits per heavy atom. The minimum atomic E-state index is -3.17. The van der Waals surface area contributed by atoms with Gasteiger partial charge in [-0.1, -0.05) is 30.3 Å². The molecule has 0 aliphatic heterocycles. The third-order valence-electron chi connectivity index (χ3n) is 6.04. The van der Waals surface area contributed by atoms with E-state index in [2.05, 4.69) is 4.72 Å². The van der Waals surface area contributed by atoms with E-state index in [9.17, 15) is 8.42 Å². The SMILES string of the molecule is O=S(=O)(CCc1ccccc1)NC1C2CC3CC(C2)CC1C3. The van der Waals surface area contributed by atoms with Gasteiger partial charge in [0.2, 0.25) is 10.0 Å².